The Balaban J connectivity index is 2.21. The average Bonchev–Trinajstić information content (AvgIpc) is 2.63. The lowest BCUT2D eigenvalue weighted by atomic mass is 10.3. The summed E-state index contributed by atoms with van der Waals surface area (Å²) in [7, 11) is 0. The number of oxazole rings is 1. The summed E-state index contributed by atoms with van der Waals surface area (Å²) in [5.74, 6) is 0.823. The first-order chi connectivity index (χ1) is 8.47. The molecule has 0 bridgehead atoms. The number of nitrogens with zero attached hydrogens (tertiary/aromatic N) is 2. The number of amides is 1. The van der Waals surface area contributed by atoms with Crippen molar-refractivity contribution in [1.29, 1.82) is 0 Å². The van der Waals surface area contributed by atoms with Crippen LogP contribution in [0.3, 0.4) is 0 Å². The van der Waals surface area contributed by atoms with E-state index in [0.29, 0.717) is 17.4 Å². The second-order valence-electron chi connectivity index (χ2n) is 3.92. The van der Waals surface area contributed by atoms with E-state index in [0.717, 1.165) is 10.0 Å². The lowest BCUT2D eigenvalue weighted by Crippen LogP contribution is -2.13. The highest BCUT2D eigenvalue weighted by atomic mass is 79.9. The average molecular weight is 310 g/mol. The fourth-order valence-electron chi connectivity index (χ4n) is 1.52. The number of aromatic nitrogens is 2. The lowest BCUT2D eigenvalue weighted by molar-refractivity contribution is 0.0994. The molecule has 0 spiro atoms. The fraction of sp³-hybridized carbons (Fsp3) is 0.250. The first-order valence-electron chi connectivity index (χ1n) is 5.35. The van der Waals surface area contributed by atoms with Crippen molar-refractivity contribution in [2.75, 3.05) is 5.32 Å². The summed E-state index contributed by atoms with van der Waals surface area (Å²) in [5.41, 5.74) is 1.56. The Morgan fingerprint density at radius 1 is 1.39 bits per heavy atom. The van der Waals surface area contributed by atoms with Gasteiger partial charge >= 0.3 is 0 Å². The SMILES string of the molecule is Cc1nc(C)c(C(=O)Nc2cc(C)c(Br)cn2)o1. The zero-order chi connectivity index (χ0) is 13.3. The predicted octanol–water partition coefficient (Wildman–Crippen LogP) is 3.01. The van der Waals surface area contributed by atoms with Gasteiger partial charge in [0.25, 0.3) is 5.91 Å². The van der Waals surface area contributed by atoms with Crippen molar-refractivity contribution in [3.8, 4) is 0 Å². The molecule has 2 heterocycles. The number of hydrogen-bond acceptors (Lipinski definition) is 4. The molecule has 2 aromatic rings. The van der Waals surface area contributed by atoms with Crippen molar-refractivity contribution in [3.63, 3.8) is 0 Å². The van der Waals surface area contributed by atoms with E-state index < -0.39 is 0 Å². The van der Waals surface area contributed by atoms with Gasteiger partial charge in [-0.05, 0) is 41.4 Å². The summed E-state index contributed by atoms with van der Waals surface area (Å²) < 4.78 is 6.14. The van der Waals surface area contributed by atoms with Crippen LogP contribution in [-0.4, -0.2) is 15.9 Å². The number of aryl methyl sites for hydroxylation is 3. The third kappa shape index (κ3) is 2.59. The number of rotatable bonds is 2. The largest absolute Gasteiger partial charge is 0.436 e. The van der Waals surface area contributed by atoms with Gasteiger partial charge in [-0.1, -0.05) is 0 Å². The van der Waals surface area contributed by atoms with Gasteiger partial charge in [-0.3, -0.25) is 4.79 Å². The van der Waals surface area contributed by atoms with Gasteiger partial charge in [0, 0.05) is 17.6 Å². The van der Waals surface area contributed by atoms with E-state index in [1.807, 2.05) is 6.92 Å². The number of anilines is 1. The molecule has 0 aromatic carbocycles. The van der Waals surface area contributed by atoms with Crippen LogP contribution in [-0.2, 0) is 0 Å². The first kappa shape index (κ1) is 12.8. The monoisotopic (exact) mass is 309 g/mol. The summed E-state index contributed by atoms with van der Waals surface area (Å²) in [6, 6.07) is 1.78. The van der Waals surface area contributed by atoms with E-state index in [4.69, 9.17) is 4.42 Å². The van der Waals surface area contributed by atoms with Gasteiger partial charge in [-0.2, -0.15) is 0 Å². The number of pyridine rings is 1. The van der Waals surface area contributed by atoms with Crippen molar-refractivity contribution >= 4 is 27.7 Å². The molecule has 0 aliphatic heterocycles. The van der Waals surface area contributed by atoms with Crippen molar-refractivity contribution in [1.82, 2.24) is 9.97 Å². The second-order valence-corrected chi connectivity index (χ2v) is 4.77. The third-order valence-electron chi connectivity index (χ3n) is 2.40. The Morgan fingerprint density at radius 2 is 2.11 bits per heavy atom. The third-order valence-corrected chi connectivity index (χ3v) is 3.23. The minimum absolute atomic E-state index is 0.217. The van der Waals surface area contributed by atoms with Gasteiger partial charge in [0.15, 0.2) is 5.89 Å². The zero-order valence-electron chi connectivity index (χ0n) is 10.2. The highest BCUT2D eigenvalue weighted by Gasteiger charge is 2.16. The molecule has 1 N–H and O–H groups in total. The highest BCUT2D eigenvalue weighted by Crippen LogP contribution is 2.18. The van der Waals surface area contributed by atoms with Crippen molar-refractivity contribution < 1.29 is 9.21 Å². The van der Waals surface area contributed by atoms with Crippen LogP contribution < -0.4 is 5.32 Å². The molecule has 5 nitrogen and oxygen atoms in total. The molecule has 0 saturated heterocycles. The van der Waals surface area contributed by atoms with Gasteiger partial charge in [-0.15, -0.1) is 0 Å². The fourth-order valence-corrected chi connectivity index (χ4v) is 1.74. The van der Waals surface area contributed by atoms with Crippen LogP contribution in [0.5, 0.6) is 0 Å². The second kappa shape index (κ2) is 4.89. The Hall–Kier alpha value is -1.69. The van der Waals surface area contributed by atoms with E-state index in [-0.39, 0.29) is 11.7 Å². The molecule has 0 saturated carbocycles. The summed E-state index contributed by atoms with van der Waals surface area (Å²) >= 11 is 3.35. The van der Waals surface area contributed by atoms with Crippen LogP contribution in [0, 0.1) is 20.8 Å². The number of hydrogen-bond donors (Lipinski definition) is 1. The molecule has 0 aliphatic rings. The zero-order valence-corrected chi connectivity index (χ0v) is 11.8. The standard InChI is InChI=1S/C12H12BrN3O2/c1-6-4-10(14-5-9(6)13)16-12(17)11-7(2)15-8(3)18-11/h4-5H,1-3H3,(H,14,16,17). The normalized spacial score (nSPS) is 10.4. The predicted molar refractivity (Wildman–Crippen MR) is 70.6 cm³/mol. The highest BCUT2D eigenvalue weighted by molar-refractivity contribution is 9.10. The molecule has 0 atom stereocenters. The lowest BCUT2D eigenvalue weighted by Gasteiger charge is -2.04. The number of halogens is 1. The summed E-state index contributed by atoms with van der Waals surface area (Å²) in [5, 5.41) is 2.68. The molecule has 0 fully saturated rings. The Bertz CT molecular complexity index is 607. The Labute approximate surface area is 113 Å². The van der Waals surface area contributed by atoms with Gasteiger partial charge < -0.3 is 9.73 Å². The molecular formula is C12H12BrN3O2. The Morgan fingerprint density at radius 3 is 2.67 bits per heavy atom. The maximum atomic E-state index is 11.9. The van der Waals surface area contributed by atoms with Crippen LogP contribution in [0.15, 0.2) is 21.2 Å². The van der Waals surface area contributed by atoms with Crippen LogP contribution in [0.2, 0.25) is 0 Å². The smallest absolute Gasteiger partial charge is 0.294 e. The Kier molecular flexibility index (Phi) is 3.47. The molecule has 6 heteroatoms. The van der Waals surface area contributed by atoms with Crippen LogP contribution in [0.1, 0.15) is 27.7 Å². The van der Waals surface area contributed by atoms with E-state index in [1.54, 1.807) is 26.1 Å². The number of nitrogens with one attached hydrogen (secondary N) is 1. The van der Waals surface area contributed by atoms with Crippen LogP contribution in [0.25, 0.3) is 0 Å². The molecule has 1 amide bonds. The molecular weight excluding hydrogens is 298 g/mol. The maximum absolute atomic E-state index is 11.9. The van der Waals surface area contributed by atoms with E-state index in [1.165, 1.54) is 0 Å². The van der Waals surface area contributed by atoms with Crippen molar-refractivity contribution in [2.24, 2.45) is 0 Å². The summed E-state index contributed by atoms with van der Waals surface area (Å²) in [6.07, 6.45) is 1.64. The molecule has 0 unspecified atom stereocenters. The minimum Gasteiger partial charge on any atom is -0.436 e. The van der Waals surface area contributed by atoms with E-state index in [9.17, 15) is 4.79 Å². The van der Waals surface area contributed by atoms with E-state index in [2.05, 4.69) is 31.2 Å². The summed E-state index contributed by atoms with van der Waals surface area (Å²) in [6.45, 7) is 5.35. The maximum Gasteiger partial charge on any atom is 0.294 e. The molecule has 0 aliphatic carbocycles. The summed E-state index contributed by atoms with van der Waals surface area (Å²) in [4.78, 5) is 20.1. The van der Waals surface area contributed by atoms with Gasteiger partial charge in [0.1, 0.15) is 5.82 Å². The van der Waals surface area contributed by atoms with Crippen molar-refractivity contribution in [3.05, 3.63) is 39.6 Å². The van der Waals surface area contributed by atoms with E-state index >= 15 is 0 Å². The molecule has 2 rings (SSSR count). The van der Waals surface area contributed by atoms with Crippen LogP contribution in [0.4, 0.5) is 5.82 Å². The molecule has 94 valence electrons. The molecule has 18 heavy (non-hydrogen) atoms. The molecule has 2 aromatic heterocycles. The number of carbonyl (C=O) groups excluding carboxylic acids is 1. The van der Waals surface area contributed by atoms with Gasteiger partial charge in [0.05, 0.1) is 5.69 Å². The van der Waals surface area contributed by atoms with Crippen LogP contribution >= 0.6 is 15.9 Å². The first-order valence-corrected chi connectivity index (χ1v) is 6.14. The van der Waals surface area contributed by atoms with Crippen molar-refractivity contribution in [2.45, 2.75) is 20.8 Å². The quantitative estimate of drug-likeness (QED) is 0.926. The minimum atomic E-state index is -0.345. The van der Waals surface area contributed by atoms with Gasteiger partial charge in [-0.25, -0.2) is 9.97 Å². The van der Waals surface area contributed by atoms with Gasteiger partial charge in [0.2, 0.25) is 5.76 Å². The topological polar surface area (TPSA) is 68.0 Å². The molecule has 0 radical (unpaired) electrons. The number of carbonyl (C=O) groups is 1.